The van der Waals surface area contributed by atoms with Gasteiger partial charge in [-0.15, -0.1) is 0 Å². The molecule has 0 bridgehead atoms. The molecule has 0 unspecified atom stereocenters. The first kappa shape index (κ1) is 13.7. The van der Waals surface area contributed by atoms with Crippen LogP contribution in [0.2, 0.25) is 0 Å². The van der Waals surface area contributed by atoms with Gasteiger partial charge in [0.05, 0.1) is 13.7 Å². The zero-order chi connectivity index (χ0) is 13.2. The SMILES string of the molecule is COc1ccccc1OCCNC(=O)CN=[N+]=[N-]. The molecule has 1 N–H and O–H groups in total. The van der Waals surface area contributed by atoms with E-state index in [2.05, 4.69) is 15.3 Å². The van der Waals surface area contributed by atoms with Gasteiger partial charge in [-0.05, 0) is 17.7 Å². The predicted molar refractivity (Wildman–Crippen MR) is 65.5 cm³/mol. The molecule has 0 aliphatic heterocycles. The van der Waals surface area contributed by atoms with Crippen molar-refractivity contribution in [1.82, 2.24) is 5.32 Å². The average Bonchev–Trinajstić information content (AvgIpc) is 2.41. The van der Waals surface area contributed by atoms with Gasteiger partial charge in [-0.2, -0.15) is 0 Å². The van der Waals surface area contributed by atoms with Crippen molar-refractivity contribution >= 4 is 5.91 Å². The van der Waals surface area contributed by atoms with Gasteiger partial charge >= 0.3 is 0 Å². The minimum absolute atomic E-state index is 0.203. The molecule has 0 saturated heterocycles. The molecule has 0 aromatic heterocycles. The van der Waals surface area contributed by atoms with Crippen molar-refractivity contribution in [3.8, 4) is 11.5 Å². The van der Waals surface area contributed by atoms with Gasteiger partial charge in [-0.1, -0.05) is 17.2 Å². The van der Waals surface area contributed by atoms with Crippen LogP contribution in [0.3, 0.4) is 0 Å². The second-order valence-electron chi connectivity index (χ2n) is 3.24. The van der Waals surface area contributed by atoms with Gasteiger partial charge in [0, 0.05) is 4.91 Å². The van der Waals surface area contributed by atoms with E-state index in [0.29, 0.717) is 24.7 Å². The number of hydrogen-bond donors (Lipinski definition) is 1. The van der Waals surface area contributed by atoms with Crippen LogP contribution in [0.25, 0.3) is 10.4 Å². The fraction of sp³-hybridized carbons (Fsp3) is 0.364. The third-order valence-electron chi connectivity index (χ3n) is 2.03. The van der Waals surface area contributed by atoms with E-state index in [1.54, 1.807) is 19.2 Å². The van der Waals surface area contributed by atoms with Crippen LogP contribution in [0.1, 0.15) is 0 Å². The summed E-state index contributed by atoms with van der Waals surface area (Å²) in [5, 5.41) is 5.70. The van der Waals surface area contributed by atoms with E-state index in [1.165, 1.54) is 0 Å². The number of azide groups is 1. The van der Waals surface area contributed by atoms with E-state index in [4.69, 9.17) is 15.0 Å². The number of hydrogen-bond acceptors (Lipinski definition) is 4. The minimum atomic E-state index is -0.337. The van der Waals surface area contributed by atoms with Crippen molar-refractivity contribution in [3.05, 3.63) is 34.7 Å². The summed E-state index contributed by atoms with van der Waals surface area (Å²) in [6, 6.07) is 7.24. The molecule has 1 aromatic carbocycles. The number of methoxy groups -OCH3 is 1. The standard InChI is InChI=1S/C11H14N4O3/c1-17-9-4-2-3-5-10(9)18-7-6-13-11(16)8-14-15-12/h2-5H,6-8H2,1H3,(H,13,16). The monoisotopic (exact) mass is 250 g/mol. The van der Waals surface area contributed by atoms with Crippen LogP contribution in [-0.4, -0.2) is 32.7 Å². The fourth-order valence-electron chi connectivity index (χ4n) is 1.24. The fourth-order valence-corrected chi connectivity index (χ4v) is 1.24. The van der Waals surface area contributed by atoms with Crippen molar-refractivity contribution < 1.29 is 14.3 Å². The Morgan fingerprint density at radius 1 is 1.44 bits per heavy atom. The molecule has 0 radical (unpaired) electrons. The summed E-state index contributed by atoms with van der Waals surface area (Å²) < 4.78 is 10.5. The second-order valence-corrected chi connectivity index (χ2v) is 3.24. The van der Waals surface area contributed by atoms with Crippen molar-refractivity contribution in [2.75, 3.05) is 26.8 Å². The van der Waals surface area contributed by atoms with Gasteiger partial charge in [0.2, 0.25) is 5.91 Å². The Morgan fingerprint density at radius 2 is 2.17 bits per heavy atom. The first-order valence-corrected chi connectivity index (χ1v) is 5.31. The smallest absolute Gasteiger partial charge is 0.225 e. The molecule has 0 fully saturated rings. The summed E-state index contributed by atoms with van der Waals surface area (Å²) >= 11 is 0. The highest BCUT2D eigenvalue weighted by atomic mass is 16.5. The van der Waals surface area contributed by atoms with Crippen LogP contribution in [0.5, 0.6) is 11.5 Å². The molecule has 0 aliphatic carbocycles. The van der Waals surface area contributed by atoms with Crippen LogP contribution < -0.4 is 14.8 Å². The quantitative estimate of drug-likeness (QED) is 0.343. The topological polar surface area (TPSA) is 96.3 Å². The highest BCUT2D eigenvalue weighted by Crippen LogP contribution is 2.25. The van der Waals surface area contributed by atoms with E-state index in [9.17, 15) is 4.79 Å². The molecule has 96 valence electrons. The summed E-state index contributed by atoms with van der Waals surface area (Å²) in [6.07, 6.45) is 0. The lowest BCUT2D eigenvalue weighted by Gasteiger charge is -2.10. The van der Waals surface area contributed by atoms with Gasteiger partial charge in [0.25, 0.3) is 0 Å². The Hall–Kier alpha value is -2.40. The molecule has 0 aliphatic rings. The molecule has 7 heteroatoms. The summed E-state index contributed by atoms with van der Waals surface area (Å²) in [7, 11) is 1.56. The van der Waals surface area contributed by atoms with Gasteiger partial charge in [0.1, 0.15) is 13.2 Å². The third-order valence-corrected chi connectivity index (χ3v) is 2.03. The average molecular weight is 250 g/mol. The lowest BCUT2D eigenvalue weighted by Crippen LogP contribution is -2.29. The number of nitrogens with one attached hydrogen (secondary N) is 1. The van der Waals surface area contributed by atoms with E-state index < -0.39 is 0 Å². The number of para-hydroxylation sites is 2. The van der Waals surface area contributed by atoms with Crippen LogP contribution in [0.15, 0.2) is 29.4 Å². The number of ether oxygens (including phenoxy) is 2. The second kappa shape index (κ2) is 7.81. The largest absolute Gasteiger partial charge is 0.493 e. The first-order chi connectivity index (χ1) is 8.77. The number of carbonyl (C=O) groups excluding carboxylic acids is 1. The number of benzene rings is 1. The first-order valence-electron chi connectivity index (χ1n) is 5.31. The number of amides is 1. The molecular formula is C11H14N4O3. The predicted octanol–water partition coefficient (Wildman–Crippen LogP) is 1.50. The van der Waals surface area contributed by atoms with Crippen molar-refractivity contribution in [2.45, 2.75) is 0 Å². The Bertz CT molecular complexity index is 444. The lowest BCUT2D eigenvalue weighted by molar-refractivity contribution is -0.119. The van der Waals surface area contributed by atoms with E-state index in [0.717, 1.165) is 0 Å². The Labute approximate surface area is 104 Å². The van der Waals surface area contributed by atoms with Gasteiger partial charge in [-0.25, -0.2) is 0 Å². The van der Waals surface area contributed by atoms with Gasteiger partial charge < -0.3 is 14.8 Å². The van der Waals surface area contributed by atoms with Crippen molar-refractivity contribution in [1.29, 1.82) is 0 Å². The normalized spacial score (nSPS) is 9.17. The third kappa shape index (κ3) is 4.63. The van der Waals surface area contributed by atoms with Crippen LogP contribution >= 0.6 is 0 Å². The maximum atomic E-state index is 11.1. The van der Waals surface area contributed by atoms with E-state index >= 15 is 0 Å². The van der Waals surface area contributed by atoms with Crippen LogP contribution in [0, 0.1) is 0 Å². The number of nitrogens with zero attached hydrogens (tertiary/aromatic N) is 3. The van der Waals surface area contributed by atoms with Crippen molar-refractivity contribution in [3.63, 3.8) is 0 Å². The number of carbonyl (C=O) groups is 1. The van der Waals surface area contributed by atoms with Gasteiger partial charge in [0.15, 0.2) is 11.5 Å². The summed E-state index contributed by atoms with van der Waals surface area (Å²) in [5.41, 5.74) is 8.03. The van der Waals surface area contributed by atoms with E-state index in [1.807, 2.05) is 12.1 Å². The Kier molecular flexibility index (Phi) is 5.93. The molecule has 1 rings (SSSR count). The molecule has 0 saturated carbocycles. The molecular weight excluding hydrogens is 236 g/mol. The summed E-state index contributed by atoms with van der Waals surface area (Å²) in [5.74, 6) is 0.915. The van der Waals surface area contributed by atoms with Gasteiger partial charge in [-0.3, -0.25) is 4.79 Å². The van der Waals surface area contributed by atoms with Crippen LogP contribution in [-0.2, 0) is 4.79 Å². The minimum Gasteiger partial charge on any atom is -0.493 e. The molecule has 0 atom stereocenters. The maximum absolute atomic E-state index is 11.1. The summed E-state index contributed by atoms with van der Waals surface area (Å²) in [6.45, 7) is 0.436. The maximum Gasteiger partial charge on any atom is 0.225 e. The molecule has 18 heavy (non-hydrogen) atoms. The lowest BCUT2D eigenvalue weighted by atomic mass is 10.3. The van der Waals surface area contributed by atoms with E-state index in [-0.39, 0.29) is 12.5 Å². The highest BCUT2D eigenvalue weighted by Gasteiger charge is 2.02. The number of rotatable bonds is 7. The molecule has 1 amide bonds. The highest BCUT2D eigenvalue weighted by molar-refractivity contribution is 5.78. The molecule has 1 aromatic rings. The Morgan fingerprint density at radius 3 is 2.83 bits per heavy atom. The zero-order valence-corrected chi connectivity index (χ0v) is 10.00. The molecule has 7 nitrogen and oxygen atoms in total. The zero-order valence-electron chi connectivity index (χ0n) is 10.00. The van der Waals surface area contributed by atoms with Crippen LogP contribution in [0.4, 0.5) is 0 Å². The molecule has 0 heterocycles. The van der Waals surface area contributed by atoms with Crippen molar-refractivity contribution in [2.24, 2.45) is 5.11 Å². The molecule has 0 spiro atoms. The summed E-state index contributed by atoms with van der Waals surface area (Å²) in [4.78, 5) is 13.6. The Balaban J connectivity index is 2.29.